The van der Waals surface area contributed by atoms with E-state index in [9.17, 15) is 9.46 Å². The van der Waals surface area contributed by atoms with Crippen LogP contribution in [-0.2, 0) is 24.9 Å². The standard InChI is InChI=1S/C25H44NO5P/c1-3-5-6-7-8-9-10-14-18-25(17-4-2,23-24-15-12-11-13-16-24)30-32(27,28)31-26-19-21-29-22-20-26/h11-13,15-16H,3-10,14,17-23H2,1-2H3,(H,27,28). The molecule has 0 saturated carbocycles. The summed E-state index contributed by atoms with van der Waals surface area (Å²) in [4.78, 5) is 10.7. The van der Waals surface area contributed by atoms with Gasteiger partial charge in [-0.3, -0.25) is 4.52 Å². The van der Waals surface area contributed by atoms with Crippen LogP contribution in [0.1, 0.15) is 90.0 Å². The van der Waals surface area contributed by atoms with E-state index in [4.69, 9.17) is 13.9 Å². The van der Waals surface area contributed by atoms with Gasteiger partial charge in [-0.05, 0) is 18.4 Å². The summed E-state index contributed by atoms with van der Waals surface area (Å²) in [7, 11) is -4.25. The molecule has 0 spiro atoms. The fraction of sp³-hybridized carbons (Fsp3) is 0.760. The highest BCUT2D eigenvalue weighted by atomic mass is 31.2. The van der Waals surface area contributed by atoms with Gasteiger partial charge in [0.05, 0.1) is 18.8 Å². The van der Waals surface area contributed by atoms with Gasteiger partial charge in [0, 0.05) is 19.5 Å². The lowest BCUT2D eigenvalue weighted by molar-refractivity contribution is -0.145. The molecular formula is C25H44NO5P. The maximum absolute atomic E-state index is 13.0. The monoisotopic (exact) mass is 469 g/mol. The first-order valence-electron chi connectivity index (χ1n) is 12.6. The minimum absolute atomic E-state index is 0.464. The van der Waals surface area contributed by atoms with Gasteiger partial charge in [-0.1, -0.05) is 102 Å². The van der Waals surface area contributed by atoms with Crippen LogP contribution in [0.3, 0.4) is 0 Å². The van der Waals surface area contributed by atoms with E-state index in [1.54, 1.807) is 0 Å². The smallest absolute Gasteiger partial charge is 0.379 e. The zero-order valence-corrected chi connectivity index (χ0v) is 21.1. The molecule has 1 aliphatic heterocycles. The maximum atomic E-state index is 13.0. The molecule has 2 rings (SSSR count). The van der Waals surface area contributed by atoms with Crippen molar-refractivity contribution in [2.24, 2.45) is 0 Å². The fourth-order valence-electron chi connectivity index (χ4n) is 4.47. The molecule has 1 aromatic carbocycles. The van der Waals surface area contributed by atoms with Crippen molar-refractivity contribution in [3.05, 3.63) is 35.9 Å². The summed E-state index contributed by atoms with van der Waals surface area (Å²) in [5.74, 6) is 0. The highest BCUT2D eigenvalue weighted by Gasteiger charge is 2.40. The Morgan fingerprint density at radius 2 is 1.56 bits per heavy atom. The molecule has 0 amide bonds. The second-order valence-electron chi connectivity index (χ2n) is 9.00. The highest BCUT2D eigenvalue weighted by Crippen LogP contribution is 2.51. The lowest BCUT2D eigenvalue weighted by Gasteiger charge is -2.36. The molecule has 2 atom stereocenters. The molecule has 6 nitrogen and oxygen atoms in total. The van der Waals surface area contributed by atoms with Gasteiger partial charge in [0.2, 0.25) is 0 Å². The molecule has 1 aliphatic rings. The van der Waals surface area contributed by atoms with Crippen LogP contribution in [0.4, 0.5) is 0 Å². The van der Waals surface area contributed by atoms with Crippen molar-refractivity contribution in [2.75, 3.05) is 26.3 Å². The zero-order chi connectivity index (χ0) is 23.1. The average molecular weight is 470 g/mol. The Bertz CT molecular complexity index is 653. The van der Waals surface area contributed by atoms with Crippen LogP contribution in [-0.4, -0.2) is 41.9 Å². The van der Waals surface area contributed by atoms with Gasteiger partial charge in [0.1, 0.15) is 0 Å². The van der Waals surface area contributed by atoms with E-state index in [-0.39, 0.29) is 0 Å². The number of morpholine rings is 1. The van der Waals surface area contributed by atoms with E-state index in [2.05, 4.69) is 26.0 Å². The predicted octanol–water partition coefficient (Wildman–Crippen LogP) is 6.68. The molecule has 32 heavy (non-hydrogen) atoms. The Kier molecular flexibility index (Phi) is 13.1. The number of ether oxygens (including phenoxy) is 1. The first-order chi connectivity index (χ1) is 15.5. The Morgan fingerprint density at radius 3 is 2.19 bits per heavy atom. The Hall–Kier alpha value is -0.750. The van der Waals surface area contributed by atoms with Gasteiger partial charge in [-0.25, -0.2) is 4.57 Å². The third-order valence-corrected chi connectivity index (χ3v) is 7.11. The summed E-state index contributed by atoms with van der Waals surface area (Å²) in [6.45, 7) is 6.24. The minimum atomic E-state index is -4.25. The number of phosphoric ester groups is 1. The molecule has 0 aliphatic carbocycles. The third kappa shape index (κ3) is 10.9. The van der Waals surface area contributed by atoms with Gasteiger partial charge in [0.25, 0.3) is 0 Å². The van der Waals surface area contributed by atoms with Crippen molar-refractivity contribution in [1.82, 2.24) is 5.06 Å². The normalized spacial score (nSPS) is 18.8. The van der Waals surface area contributed by atoms with E-state index in [0.29, 0.717) is 32.7 Å². The van der Waals surface area contributed by atoms with Crippen LogP contribution in [0.25, 0.3) is 0 Å². The van der Waals surface area contributed by atoms with Crippen LogP contribution >= 0.6 is 7.82 Å². The fourth-order valence-corrected chi connectivity index (χ4v) is 5.69. The van der Waals surface area contributed by atoms with Gasteiger partial charge in [-0.2, -0.15) is 9.69 Å². The average Bonchev–Trinajstić information content (AvgIpc) is 2.76. The van der Waals surface area contributed by atoms with Crippen LogP contribution in [0, 0.1) is 0 Å². The van der Waals surface area contributed by atoms with E-state index in [1.807, 2.05) is 18.2 Å². The van der Waals surface area contributed by atoms with Crippen molar-refractivity contribution in [1.29, 1.82) is 0 Å². The quantitative estimate of drug-likeness (QED) is 0.203. The minimum Gasteiger partial charge on any atom is -0.379 e. The van der Waals surface area contributed by atoms with Crippen molar-refractivity contribution in [3.8, 4) is 0 Å². The second kappa shape index (κ2) is 15.2. The predicted molar refractivity (Wildman–Crippen MR) is 129 cm³/mol. The zero-order valence-electron chi connectivity index (χ0n) is 20.2. The number of rotatable bonds is 17. The van der Waals surface area contributed by atoms with Gasteiger partial charge in [0.15, 0.2) is 0 Å². The van der Waals surface area contributed by atoms with Gasteiger partial charge < -0.3 is 9.63 Å². The number of benzene rings is 1. The molecular weight excluding hydrogens is 425 g/mol. The molecule has 7 heteroatoms. The number of hydrogen-bond donors (Lipinski definition) is 1. The topological polar surface area (TPSA) is 68.2 Å². The Morgan fingerprint density at radius 1 is 0.938 bits per heavy atom. The largest absolute Gasteiger partial charge is 0.489 e. The number of hydrogen-bond acceptors (Lipinski definition) is 5. The molecule has 1 saturated heterocycles. The van der Waals surface area contributed by atoms with Crippen LogP contribution in [0.5, 0.6) is 0 Å². The van der Waals surface area contributed by atoms with E-state index < -0.39 is 13.4 Å². The van der Waals surface area contributed by atoms with Crippen molar-refractivity contribution in [3.63, 3.8) is 0 Å². The number of phosphoric acid groups is 1. The van der Waals surface area contributed by atoms with Gasteiger partial charge >= 0.3 is 7.82 Å². The molecule has 1 N–H and O–H groups in total. The number of nitrogens with zero attached hydrogens (tertiary/aromatic N) is 1. The molecule has 1 aromatic rings. The molecule has 0 bridgehead atoms. The number of hydroxylamine groups is 2. The van der Waals surface area contributed by atoms with Gasteiger partial charge in [-0.15, -0.1) is 0 Å². The van der Waals surface area contributed by atoms with Crippen molar-refractivity contribution >= 4 is 7.82 Å². The SMILES string of the molecule is CCCCCCCCCCC(CCC)(Cc1ccccc1)OP(=O)(O)ON1CCOCC1. The van der Waals surface area contributed by atoms with Crippen molar-refractivity contribution in [2.45, 2.75) is 96.5 Å². The van der Waals surface area contributed by atoms with Crippen LogP contribution < -0.4 is 0 Å². The highest BCUT2D eigenvalue weighted by molar-refractivity contribution is 7.47. The summed E-state index contributed by atoms with van der Waals surface area (Å²) in [5.41, 5.74) is 0.404. The number of unbranched alkanes of at least 4 members (excludes halogenated alkanes) is 7. The summed E-state index contributed by atoms with van der Waals surface area (Å²) < 4.78 is 29.8. The molecule has 184 valence electrons. The molecule has 1 heterocycles. The summed E-state index contributed by atoms with van der Waals surface area (Å²) in [5, 5.41) is 1.50. The molecule has 2 unspecified atom stereocenters. The molecule has 0 aromatic heterocycles. The first-order valence-corrected chi connectivity index (χ1v) is 14.1. The molecule has 0 radical (unpaired) electrons. The first kappa shape index (κ1) is 27.5. The van der Waals surface area contributed by atoms with E-state index in [0.717, 1.165) is 37.7 Å². The van der Waals surface area contributed by atoms with Crippen LogP contribution in [0.15, 0.2) is 30.3 Å². The Labute approximate surface area is 195 Å². The molecule has 1 fully saturated rings. The summed E-state index contributed by atoms with van der Waals surface area (Å²) in [6.07, 6.45) is 12.7. The van der Waals surface area contributed by atoms with Crippen LogP contribution in [0.2, 0.25) is 0 Å². The summed E-state index contributed by atoms with van der Waals surface area (Å²) >= 11 is 0. The Balaban J connectivity index is 2.01. The lowest BCUT2D eigenvalue weighted by Crippen LogP contribution is -2.38. The lowest BCUT2D eigenvalue weighted by atomic mass is 9.85. The third-order valence-electron chi connectivity index (χ3n) is 6.06. The second-order valence-corrected chi connectivity index (χ2v) is 10.3. The van der Waals surface area contributed by atoms with E-state index >= 15 is 0 Å². The van der Waals surface area contributed by atoms with Crippen molar-refractivity contribution < 1.29 is 23.3 Å². The maximum Gasteiger partial charge on any atom is 0.489 e. The summed E-state index contributed by atoms with van der Waals surface area (Å²) in [6, 6.07) is 10.1. The van der Waals surface area contributed by atoms with E-state index in [1.165, 1.54) is 43.6 Å².